The number of carbonyl (C=O) groups is 1. The van der Waals surface area contributed by atoms with Crippen LogP contribution in [-0.4, -0.2) is 5.91 Å². The average molecular weight is 258 g/mol. The summed E-state index contributed by atoms with van der Waals surface area (Å²) in [5.74, 6) is -1.06. The molecule has 0 saturated carbocycles. The van der Waals surface area contributed by atoms with Crippen LogP contribution in [0.3, 0.4) is 0 Å². The highest BCUT2D eigenvalue weighted by atomic mass is 19.1. The Balaban J connectivity index is 2.35. The molecule has 0 aliphatic carbocycles. The Hall–Kier alpha value is -2.36. The summed E-state index contributed by atoms with van der Waals surface area (Å²) < 4.78 is 13.8. The first kappa shape index (κ1) is 13.1. The standard InChI is InChI=1S/C15H15FN2O/c1-10-7-8-13(16)12(9-10)14(15(17)19)18-11-5-3-2-4-6-11/h2-9,14,18H,1H3,(H2,17,19). The number of primary amides is 1. The van der Waals surface area contributed by atoms with E-state index >= 15 is 0 Å². The summed E-state index contributed by atoms with van der Waals surface area (Å²) in [5.41, 5.74) is 7.22. The fourth-order valence-corrected chi connectivity index (χ4v) is 1.89. The van der Waals surface area contributed by atoms with Gasteiger partial charge in [0.1, 0.15) is 11.9 Å². The Kier molecular flexibility index (Phi) is 3.80. The van der Waals surface area contributed by atoms with E-state index in [2.05, 4.69) is 5.32 Å². The second-order valence-corrected chi connectivity index (χ2v) is 4.37. The van der Waals surface area contributed by atoms with E-state index in [0.717, 1.165) is 5.56 Å². The van der Waals surface area contributed by atoms with Crippen LogP contribution < -0.4 is 11.1 Å². The number of nitrogens with two attached hydrogens (primary N) is 1. The number of nitrogens with one attached hydrogen (secondary N) is 1. The highest BCUT2D eigenvalue weighted by Gasteiger charge is 2.21. The van der Waals surface area contributed by atoms with Gasteiger partial charge in [0.2, 0.25) is 5.91 Å². The van der Waals surface area contributed by atoms with E-state index in [1.54, 1.807) is 24.3 Å². The topological polar surface area (TPSA) is 55.1 Å². The van der Waals surface area contributed by atoms with Gasteiger partial charge in [-0.15, -0.1) is 0 Å². The molecule has 0 aliphatic rings. The van der Waals surface area contributed by atoms with Gasteiger partial charge in [-0.3, -0.25) is 4.79 Å². The van der Waals surface area contributed by atoms with E-state index in [9.17, 15) is 9.18 Å². The van der Waals surface area contributed by atoms with E-state index in [1.165, 1.54) is 6.07 Å². The van der Waals surface area contributed by atoms with Gasteiger partial charge >= 0.3 is 0 Å². The molecular weight excluding hydrogens is 243 g/mol. The summed E-state index contributed by atoms with van der Waals surface area (Å²) in [5, 5.41) is 2.95. The van der Waals surface area contributed by atoms with Gasteiger partial charge in [-0.05, 0) is 25.1 Å². The molecule has 1 atom stereocenters. The zero-order valence-electron chi connectivity index (χ0n) is 10.6. The Morgan fingerprint density at radius 1 is 1.21 bits per heavy atom. The van der Waals surface area contributed by atoms with Gasteiger partial charge in [-0.25, -0.2) is 4.39 Å². The number of rotatable bonds is 4. The summed E-state index contributed by atoms with van der Waals surface area (Å²) in [4.78, 5) is 11.6. The highest BCUT2D eigenvalue weighted by molar-refractivity contribution is 5.84. The lowest BCUT2D eigenvalue weighted by Gasteiger charge is -2.18. The molecule has 1 unspecified atom stereocenters. The number of carbonyl (C=O) groups excluding carboxylic acids is 1. The van der Waals surface area contributed by atoms with E-state index in [0.29, 0.717) is 5.69 Å². The third kappa shape index (κ3) is 3.10. The molecule has 0 heterocycles. The zero-order valence-corrected chi connectivity index (χ0v) is 10.6. The minimum Gasteiger partial charge on any atom is -0.370 e. The van der Waals surface area contributed by atoms with Crippen LogP contribution in [0.15, 0.2) is 48.5 Å². The third-order valence-corrected chi connectivity index (χ3v) is 2.83. The first-order chi connectivity index (χ1) is 9.08. The third-order valence-electron chi connectivity index (χ3n) is 2.83. The van der Waals surface area contributed by atoms with Crippen molar-refractivity contribution in [3.8, 4) is 0 Å². The summed E-state index contributed by atoms with van der Waals surface area (Å²) in [6.07, 6.45) is 0. The quantitative estimate of drug-likeness (QED) is 0.886. The van der Waals surface area contributed by atoms with Crippen LogP contribution in [0.5, 0.6) is 0 Å². The maximum absolute atomic E-state index is 13.8. The first-order valence-corrected chi connectivity index (χ1v) is 5.95. The van der Waals surface area contributed by atoms with Crippen molar-refractivity contribution in [3.05, 3.63) is 65.5 Å². The highest BCUT2D eigenvalue weighted by Crippen LogP contribution is 2.22. The second-order valence-electron chi connectivity index (χ2n) is 4.37. The molecule has 0 bridgehead atoms. The van der Waals surface area contributed by atoms with E-state index < -0.39 is 17.8 Å². The molecule has 98 valence electrons. The molecule has 2 aromatic rings. The van der Waals surface area contributed by atoms with Crippen LogP contribution in [0.1, 0.15) is 17.2 Å². The largest absolute Gasteiger partial charge is 0.370 e. The summed E-state index contributed by atoms with van der Waals surface area (Å²) in [6.45, 7) is 1.84. The van der Waals surface area contributed by atoms with Crippen molar-refractivity contribution in [2.75, 3.05) is 5.32 Å². The molecule has 0 fully saturated rings. The lowest BCUT2D eigenvalue weighted by molar-refractivity contribution is -0.118. The van der Waals surface area contributed by atoms with Gasteiger partial charge in [0, 0.05) is 11.3 Å². The number of halogens is 1. The lowest BCUT2D eigenvalue weighted by atomic mass is 10.0. The number of para-hydroxylation sites is 1. The summed E-state index contributed by atoms with van der Waals surface area (Å²) in [6, 6.07) is 12.8. The normalized spacial score (nSPS) is 11.9. The van der Waals surface area contributed by atoms with E-state index in [1.807, 2.05) is 25.1 Å². The molecule has 2 rings (SSSR count). The molecule has 19 heavy (non-hydrogen) atoms. The smallest absolute Gasteiger partial charge is 0.244 e. The maximum Gasteiger partial charge on any atom is 0.244 e. The van der Waals surface area contributed by atoms with Gasteiger partial charge in [0.25, 0.3) is 0 Å². The minimum atomic E-state index is -0.887. The van der Waals surface area contributed by atoms with Gasteiger partial charge in [0.05, 0.1) is 0 Å². The number of anilines is 1. The number of hydrogen-bond acceptors (Lipinski definition) is 2. The molecule has 4 heteroatoms. The molecule has 1 amide bonds. The van der Waals surface area contributed by atoms with Crippen molar-refractivity contribution in [2.45, 2.75) is 13.0 Å². The summed E-state index contributed by atoms with van der Waals surface area (Å²) in [7, 11) is 0. The monoisotopic (exact) mass is 258 g/mol. The molecule has 0 saturated heterocycles. The molecule has 2 aromatic carbocycles. The van der Waals surface area contributed by atoms with Crippen molar-refractivity contribution in [1.29, 1.82) is 0 Å². The van der Waals surface area contributed by atoms with Gasteiger partial charge < -0.3 is 11.1 Å². The summed E-state index contributed by atoms with van der Waals surface area (Å²) >= 11 is 0. The molecule has 0 aromatic heterocycles. The van der Waals surface area contributed by atoms with Crippen molar-refractivity contribution < 1.29 is 9.18 Å². The van der Waals surface area contributed by atoms with Gasteiger partial charge in [0.15, 0.2) is 0 Å². The van der Waals surface area contributed by atoms with Crippen molar-refractivity contribution in [3.63, 3.8) is 0 Å². The van der Waals surface area contributed by atoms with Crippen molar-refractivity contribution >= 4 is 11.6 Å². The molecule has 3 nitrogen and oxygen atoms in total. The Bertz CT molecular complexity index is 584. The number of hydrogen-bond donors (Lipinski definition) is 2. The van der Waals surface area contributed by atoms with Gasteiger partial charge in [-0.1, -0.05) is 35.9 Å². The molecule has 3 N–H and O–H groups in total. The fourth-order valence-electron chi connectivity index (χ4n) is 1.89. The van der Waals surface area contributed by atoms with Crippen molar-refractivity contribution in [1.82, 2.24) is 0 Å². The zero-order chi connectivity index (χ0) is 13.8. The predicted octanol–water partition coefficient (Wildman–Crippen LogP) is 2.77. The van der Waals surface area contributed by atoms with Crippen LogP contribution >= 0.6 is 0 Å². The lowest BCUT2D eigenvalue weighted by Crippen LogP contribution is -2.28. The number of benzene rings is 2. The van der Waals surface area contributed by atoms with Crippen molar-refractivity contribution in [2.24, 2.45) is 5.73 Å². The first-order valence-electron chi connectivity index (χ1n) is 5.95. The van der Waals surface area contributed by atoms with E-state index in [-0.39, 0.29) is 5.56 Å². The second kappa shape index (κ2) is 5.52. The molecule has 0 aliphatic heterocycles. The Morgan fingerprint density at radius 3 is 2.53 bits per heavy atom. The molecule has 0 spiro atoms. The van der Waals surface area contributed by atoms with E-state index in [4.69, 9.17) is 5.73 Å². The minimum absolute atomic E-state index is 0.261. The van der Waals surface area contributed by atoms with Crippen LogP contribution in [0.4, 0.5) is 10.1 Å². The Labute approximate surface area is 111 Å². The fraction of sp³-hybridized carbons (Fsp3) is 0.133. The molecular formula is C15H15FN2O. The number of amides is 1. The average Bonchev–Trinajstić information content (AvgIpc) is 2.40. The van der Waals surface area contributed by atoms with Gasteiger partial charge in [-0.2, -0.15) is 0 Å². The predicted molar refractivity (Wildman–Crippen MR) is 73.1 cm³/mol. The van der Waals surface area contributed by atoms with Crippen LogP contribution in [-0.2, 0) is 4.79 Å². The molecule has 0 radical (unpaired) electrons. The SMILES string of the molecule is Cc1ccc(F)c(C(Nc2ccccc2)C(N)=O)c1. The maximum atomic E-state index is 13.8. The number of aryl methyl sites for hydroxylation is 1. The van der Waals surface area contributed by atoms with Crippen LogP contribution in [0, 0.1) is 12.7 Å². The Morgan fingerprint density at radius 2 is 1.89 bits per heavy atom. The van der Waals surface area contributed by atoms with Crippen LogP contribution in [0.25, 0.3) is 0 Å². The van der Waals surface area contributed by atoms with Crippen LogP contribution in [0.2, 0.25) is 0 Å².